The summed E-state index contributed by atoms with van der Waals surface area (Å²) in [5.74, 6) is 0. The second-order valence-corrected chi connectivity index (χ2v) is 4.34. The molecule has 1 atom stereocenters. The molecule has 0 radical (unpaired) electrons. The first kappa shape index (κ1) is 12.7. The monoisotopic (exact) mass is 271 g/mol. The van der Waals surface area contributed by atoms with Crippen LogP contribution < -0.4 is 5.32 Å². The molecular weight excluding hydrogens is 254 g/mol. The van der Waals surface area contributed by atoms with Crippen molar-refractivity contribution in [2.75, 3.05) is 13.6 Å². The van der Waals surface area contributed by atoms with Crippen molar-refractivity contribution in [3.63, 3.8) is 0 Å². The first-order chi connectivity index (χ1) is 7.27. The molecule has 2 nitrogen and oxygen atoms in total. The summed E-state index contributed by atoms with van der Waals surface area (Å²) in [6, 6.07) is 8.16. The van der Waals surface area contributed by atoms with E-state index in [1.165, 1.54) is 5.56 Å². The van der Waals surface area contributed by atoms with Gasteiger partial charge in [-0.15, -0.1) is 0 Å². The van der Waals surface area contributed by atoms with Crippen LogP contribution >= 0.6 is 15.9 Å². The van der Waals surface area contributed by atoms with Gasteiger partial charge in [-0.2, -0.15) is 0 Å². The van der Waals surface area contributed by atoms with E-state index in [1.54, 1.807) is 0 Å². The number of benzene rings is 1. The quantitative estimate of drug-likeness (QED) is 0.859. The molecule has 1 aromatic rings. The van der Waals surface area contributed by atoms with Crippen LogP contribution in [0, 0.1) is 0 Å². The van der Waals surface area contributed by atoms with Gasteiger partial charge in [0.25, 0.3) is 0 Å². The lowest BCUT2D eigenvalue weighted by atomic mass is 10.2. The molecule has 84 valence electrons. The number of halogens is 1. The van der Waals surface area contributed by atoms with Gasteiger partial charge in [0.1, 0.15) is 0 Å². The molecule has 15 heavy (non-hydrogen) atoms. The highest BCUT2D eigenvalue weighted by atomic mass is 79.9. The highest BCUT2D eigenvalue weighted by molar-refractivity contribution is 9.10. The van der Waals surface area contributed by atoms with E-state index >= 15 is 0 Å². The average Bonchev–Trinajstić information content (AvgIpc) is 2.26. The first-order valence-electron chi connectivity index (χ1n) is 5.27. The molecule has 1 rings (SSSR count). The molecule has 3 heteroatoms. The van der Waals surface area contributed by atoms with Crippen LogP contribution in [0.1, 0.15) is 18.9 Å². The molecule has 0 spiro atoms. The Kier molecular flexibility index (Phi) is 5.91. The minimum Gasteiger partial charge on any atom is -0.372 e. The Morgan fingerprint density at radius 1 is 1.40 bits per heavy atom. The van der Waals surface area contributed by atoms with Crippen LogP contribution in [0.2, 0.25) is 0 Å². The SMILES string of the molecule is CCC(CNC)OCc1ccccc1Br. The molecule has 0 saturated heterocycles. The number of hydrogen-bond donors (Lipinski definition) is 1. The third kappa shape index (κ3) is 4.33. The number of ether oxygens (including phenoxy) is 1. The summed E-state index contributed by atoms with van der Waals surface area (Å²) in [6.45, 7) is 3.71. The molecule has 0 aromatic heterocycles. The van der Waals surface area contributed by atoms with Crippen molar-refractivity contribution in [3.8, 4) is 0 Å². The zero-order valence-electron chi connectivity index (χ0n) is 9.29. The fourth-order valence-electron chi connectivity index (χ4n) is 1.37. The standard InChI is InChI=1S/C12H18BrNO/c1-3-11(8-14-2)15-9-10-6-4-5-7-12(10)13/h4-7,11,14H,3,8-9H2,1-2H3. The van der Waals surface area contributed by atoms with Crippen molar-refractivity contribution in [1.29, 1.82) is 0 Å². The highest BCUT2D eigenvalue weighted by Gasteiger charge is 2.06. The second kappa shape index (κ2) is 6.99. The normalized spacial score (nSPS) is 12.7. The van der Waals surface area contributed by atoms with Gasteiger partial charge in [-0.05, 0) is 25.1 Å². The summed E-state index contributed by atoms with van der Waals surface area (Å²) in [7, 11) is 1.95. The van der Waals surface area contributed by atoms with Crippen LogP contribution in [0.25, 0.3) is 0 Å². The number of nitrogens with one attached hydrogen (secondary N) is 1. The molecule has 0 fully saturated rings. The number of hydrogen-bond acceptors (Lipinski definition) is 2. The van der Waals surface area contributed by atoms with Gasteiger partial charge < -0.3 is 10.1 Å². The van der Waals surface area contributed by atoms with Gasteiger partial charge >= 0.3 is 0 Å². The molecule has 0 aliphatic heterocycles. The lowest BCUT2D eigenvalue weighted by Crippen LogP contribution is -2.25. The second-order valence-electron chi connectivity index (χ2n) is 3.49. The van der Waals surface area contributed by atoms with Gasteiger partial charge in [0, 0.05) is 11.0 Å². The van der Waals surface area contributed by atoms with Crippen molar-refractivity contribution in [2.24, 2.45) is 0 Å². The van der Waals surface area contributed by atoms with Crippen LogP contribution in [0.4, 0.5) is 0 Å². The van der Waals surface area contributed by atoms with E-state index in [4.69, 9.17) is 4.74 Å². The van der Waals surface area contributed by atoms with E-state index in [2.05, 4.69) is 34.2 Å². The van der Waals surface area contributed by atoms with E-state index < -0.39 is 0 Å². The van der Waals surface area contributed by atoms with Crippen molar-refractivity contribution >= 4 is 15.9 Å². The maximum absolute atomic E-state index is 5.81. The number of rotatable bonds is 6. The minimum absolute atomic E-state index is 0.294. The van der Waals surface area contributed by atoms with Crippen LogP contribution in [-0.4, -0.2) is 19.7 Å². The maximum Gasteiger partial charge on any atom is 0.0732 e. The fourth-order valence-corrected chi connectivity index (χ4v) is 1.77. The van der Waals surface area contributed by atoms with E-state index in [0.29, 0.717) is 12.7 Å². The summed E-state index contributed by atoms with van der Waals surface area (Å²) >= 11 is 3.51. The van der Waals surface area contributed by atoms with Crippen LogP contribution in [0.15, 0.2) is 28.7 Å². The molecule has 0 saturated carbocycles. The van der Waals surface area contributed by atoms with Crippen molar-refractivity contribution in [1.82, 2.24) is 5.32 Å². The third-order valence-electron chi connectivity index (χ3n) is 2.32. The predicted molar refractivity (Wildman–Crippen MR) is 66.9 cm³/mol. The minimum atomic E-state index is 0.294. The van der Waals surface area contributed by atoms with Crippen molar-refractivity contribution in [3.05, 3.63) is 34.3 Å². The Morgan fingerprint density at radius 2 is 2.13 bits per heavy atom. The van der Waals surface area contributed by atoms with Crippen LogP contribution in [0.3, 0.4) is 0 Å². The van der Waals surface area contributed by atoms with Gasteiger partial charge in [0.05, 0.1) is 12.7 Å². The zero-order chi connectivity index (χ0) is 11.1. The summed E-state index contributed by atoms with van der Waals surface area (Å²) in [6.07, 6.45) is 1.33. The van der Waals surface area contributed by atoms with Gasteiger partial charge in [-0.3, -0.25) is 0 Å². The third-order valence-corrected chi connectivity index (χ3v) is 3.09. The lowest BCUT2D eigenvalue weighted by Gasteiger charge is -2.16. The van der Waals surface area contributed by atoms with E-state index in [9.17, 15) is 0 Å². The predicted octanol–water partition coefficient (Wildman–Crippen LogP) is 2.96. The Bertz CT molecular complexity index is 291. The lowest BCUT2D eigenvalue weighted by molar-refractivity contribution is 0.0393. The van der Waals surface area contributed by atoms with Gasteiger partial charge in [0.2, 0.25) is 0 Å². The smallest absolute Gasteiger partial charge is 0.0732 e. The summed E-state index contributed by atoms with van der Waals surface area (Å²) in [5.41, 5.74) is 1.20. The highest BCUT2D eigenvalue weighted by Crippen LogP contribution is 2.17. The molecule has 1 unspecified atom stereocenters. The van der Waals surface area contributed by atoms with Gasteiger partial charge in [-0.25, -0.2) is 0 Å². The van der Waals surface area contributed by atoms with Crippen molar-refractivity contribution in [2.45, 2.75) is 26.1 Å². The molecular formula is C12H18BrNO. The fraction of sp³-hybridized carbons (Fsp3) is 0.500. The van der Waals surface area contributed by atoms with E-state index in [-0.39, 0.29) is 0 Å². The molecule has 1 aromatic carbocycles. The topological polar surface area (TPSA) is 21.3 Å². The summed E-state index contributed by atoms with van der Waals surface area (Å²) in [4.78, 5) is 0. The molecule has 0 heterocycles. The Labute approximate surface area is 100 Å². The van der Waals surface area contributed by atoms with E-state index in [0.717, 1.165) is 17.4 Å². The zero-order valence-corrected chi connectivity index (χ0v) is 10.9. The average molecular weight is 272 g/mol. The molecule has 1 N–H and O–H groups in total. The van der Waals surface area contributed by atoms with Crippen molar-refractivity contribution < 1.29 is 4.74 Å². The van der Waals surface area contributed by atoms with Gasteiger partial charge in [-0.1, -0.05) is 41.1 Å². The Morgan fingerprint density at radius 3 is 2.73 bits per heavy atom. The molecule has 0 aliphatic rings. The molecule has 0 aliphatic carbocycles. The largest absolute Gasteiger partial charge is 0.372 e. The van der Waals surface area contributed by atoms with Crippen LogP contribution in [-0.2, 0) is 11.3 Å². The summed E-state index contributed by atoms with van der Waals surface area (Å²) in [5, 5.41) is 3.13. The number of likely N-dealkylation sites (N-methyl/N-ethyl adjacent to an activating group) is 1. The van der Waals surface area contributed by atoms with Gasteiger partial charge in [0.15, 0.2) is 0 Å². The maximum atomic E-state index is 5.81. The van der Waals surface area contributed by atoms with E-state index in [1.807, 2.05) is 25.2 Å². The first-order valence-corrected chi connectivity index (χ1v) is 6.06. The molecule has 0 bridgehead atoms. The Hall–Kier alpha value is -0.380. The summed E-state index contributed by atoms with van der Waals surface area (Å²) < 4.78 is 6.92. The van der Waals surface area contributed by atoms with Crippen LogP contribution in [0.5, 0.6) is 0 Å². The molecule has 0 amide bonds. The Balaban J connectivity index is 2.45.